The number of terminal acetylenes is 1. The van der Waals surface area contributed by atoms with Crippen LogP contribution in [0.1, 0.15) is 149 Å². The maximum absolute atomic E-state index is 13.8. The summed E-state index contributed by atoms with van der Waals surface area (Å²) in [6, 6.07) is 22.0. The molecule has 3 aliphatic rings. The van der Waals surface area contributed by atoms with E-state index in [4.69, 9.17) is 20.6 Å². The predicted octanol–water partition coefficient (Wildman–Crippen LogP) is 10.9. The lowest BCUT2D eigenvalue weighted by Crippen LogP contribution is -2.39. The molecule has 3 fully saturated rings. The summed E-state index contributed by atoms with van der Waals surface area (Å²) in [6.07, 6.45) is 21.9. The molecule has 0 saturated heterocycles. The first-order chi connectivity index (χ1) is 28.3. The van der Waals surface area contributed by atoms with Gasteiger partial charge in [-0.15, -0.1) is 6.42 Å². The Balaban J connectivity index is 1.10. The summed E-state index contributed by atoms with van der Waals surface area (Å²) >= 11 is 0. The number of hydrogen-bond donors (Lipinski definition) is 0. The standard InChI is InChI=1S/C52H58O6/c1-4-7-8-9-39-20-22-43(23-21-39)44-33-36-52(37-34-44,35-32-42-18-16-41(17-19-42)15-14-40-12-10-38(5-2)11-13-40)58-51(55)47-28-30-48(31-29-47)57-50(54)46-26-24-45(25-27-46)49(53)56-6-3/h2,10-13,16-19,28-31,39,43-46H,4,6-9,20-27,33-34,36-37H2,1,3H3. The van der Waals surface area contributed by atoms with Crippen molar-refractivity contribution in [3.8, 4) is 41.8 Å². The highest BCUT2D eigenvalue weighted by Gasteiger charge is 2.41. The number of esters is 3. The maximum Gasteiger partial charge on any atom is 0.339 e. The van der Waals surface area contributed by atoms with Gasteiger partial charge in [-0.1, -0.05) is 69.1 Å². The van der Waals surface area contributed by atoms with Crippen molar-refractivity contribution >= 4 is 17.9 Å². The van der Waals surface area contributed by atoms with Crippen LogP contribution < -0.4 is 4.74 Å². The van der Waals surface area contributed by atoms with Crippen molar-refractivity contribution in [3.63, 3.8) is 0 Å². The van der Waals surface area contributed by atoms with Crippen LogP contribution in [0.5, 0.6) is 5.75 Å². The maximum atomic E-state index is 13.8. The van der Waals surface area contributed by atoms with Crippen LogP contribution >= 0.6 is 0 Å². The zero-order valence-electron chi connectivity index (χ0n) is 34.4. The smallest absolute Gasteiger partial charge is 0.339 e. The minimum atomic E-state index is -0.901. The van der Waals surface area contributed by atoms with Gasteiger partial charge in [0.1, 0.15) is 5.75 Å². The first-order valence-corrected chi connectivity index (χ1v) is 21.7. The van der Waals surface area contributed by atoms with Gasteiger partial charge in [0.2, 0.25) is 0 Å². The Morgan fingerprint density at radius 2 is 1.17 bits per heavy atom. The second kappa shape index (κ2) is 21.0. The van der Waals surface area contributed by atoms with Crippen molar-refractivity contribution in [2.45, 2.75) is 122 Å². The molecule has 6 heteroatoms. The molecule has 0 heterocycles. The first kappa shape index (κ1) is 42.4. The molecule has 6 rings (SSSR count). The Hall–Kier alpha value is -5.25. The predicted molar refractivity (Wildman–Crippen MR) is 228 cm³/mol. The fourth-order valence-corrected chi connectivity index (χ4v) is 9.00. The van der Waals surface area contributed by atoms with E-state index in [9.17, 15) is 14.4 Å². The molecule has 3 aromatic carbocycles. The Bertz CT molecular complexity index is 1990. The number of unbranched alkanes of at least 4 members (excludes halogenated alkanes) is 2. The van der Waals surface area contributed by atoms with E-state index in [0.717, 1.165) is 46.9 Å². The summed E-state index contributed by atoms with van der Waals surface area (Å²) in [5.41, 5.74) is 2.92. The van der Waals surface area contributed by atoms with Gasteiger partial charge in [-0.25, -0.2) is 4.79 Å². The van der Waals surface area contributed by atoms with Crippen molar-refractivity contribution < 1.29 is 28.6 Å². The zero-order valence-corrected chi connectivity index (χ0v) is 34.4. The number of carbonyl (C=O) groups is 3. The van der Waals surface area contributed by atoms with Crippen LogP contribution in [-0.2, 0) is 19.1 Å². The molecule has 0 aliphatic heterocycles. The van der Waals surface area contributed by atoms with E-state index in [-0.39, 0.29) is 23.8 Å². The third-order valence-corrected chi connectivity index (χ3v) is 12.6. The van der Waals surface area contributed by atoms with Crippen LogP contribution in [-0.4, -0.2) is 30.1 Å². The molecule has 3 saturated carbocycles. The van der Waals surface area contributed by atoms with Crippen molar-refractivity contribution in [1.82, 2.24) is 0 Å². The van der Waals surface area contributed by atoms with Crippen LogP contribution in [0, 0.1) is 65.6 Å². The van der Waals surface area contributed by atoms with Gasteiger partial charge in [-0.05, 0) is 168 Å². The summed E-state index contributed by atoms with van der Waals surface area (Å²) in [6.45, 7) is 4.43. The monoisotopic (exact) mass is 778 g/mol. The molecule has 0 unspecified atom stereocenters. The quantitative estimate of drug-likeness (QED) is 0.0835. The van der Waals surface area contributed by atoms with E-state index in [2.05, 4.69) is 36.5 Å². The summed E-state index contributed by atoms with van der Waals surface area (Å²) in [7, 11) is 0. The lowest BCUT2D eigenvalue weighted by molar-refractivity contribution is -0.151. The van der Waals surface area contributed by atoms with Crippen molar-refractivity contribution in [1.29, 1.82) is 0 Å². The number of rotatable bonds is 11. The molecule has 0 bridgehead atoms. The van der Waals surface area contributed by atoms with Gasteiger partial charge in [-0.3, -0.25) is 9.59 Å². The minimum Gasteiger partial charge on any atom is -0.466 e. The van der Waals surface area contributed by atoms with Crippen LogP contribution in [0.15, 0.2) is 72.8 Å². The number of ether oxygens (including phenoxy) is 3. The normalized spacial score (nSPS) is 24.1. The molecular weight excluding hydrogens is 721 g/mol. The SMILES string of the molecule is C#Cc1ccc(C#Cc2ccc(C#CC3(OC(=O)c4ccc(OC(=O)C5CCC(C(=O)OCC)CC5)cc4)CCC(C4CCC(CCCCC)CC4)CC3)cc2)cc1. The van der Waals surface area contributed by atoms with E-state index in [1.807, 2.05) is 48.5 Å². The highest BCUT2D eigenvalue weighted by Crippen LogP contribution is 2.44. The summed E-state index contributed by atoms with van der Waals surface area (Å²) in [4.78, 5) is 38.9. The average Bonchev–Trinajstić information content (AvgIpc) is 3.26. The van der Waals surface area contributed by atoms with E-state index in [1.54, 1.807) is 31.2 Å². The van der Waals surface area contributed by atoms with Gasteiger partial charge in [0.25, 0.3) is 0 Å². The van der Waals surface area contributed by atoms with Crippen LogP contribution in [0.3, 0.4) is 0 Å². The number of benzene rings is 3. The van der Waals surface area contributed by atoms with Crippen LogP contribution in [0.4, 0.5) is 0 Å². The summed E-state index contributed by atoms with van der Waals surface area (Å²) in [5.74, 6) is 17.1. The Labute approximate surface area is 346 Å². The van der Waals surface area contributed by atoms with Crippen LogP contribution in [0.2, 0.25) is 0 Å². The van der Waals surface area contributed by atoms with E-state index in [1.165, 1.54) is 51.4 Å². The summed E-state index contributed by atoms with van der Waals surface area (Å²) in [5, 5.41) is 0. The molecule has 0 spiro atoms. The fourth-order valence-electron chi connectivity index (χ4n) is 9.00. The van der Waals surface area contributed by atoms with Gasteiger partial charge < -0.3 is 14.2 Å². The number of carbonyl (C=O) groups excluding carboxylic acids is 3. The largest absolute Gasteiger partial charge is 0.466 e. The van der Waals surface area contributed by atoms with Crippen LogP contribution in [0.25, 0.3) is 0 Å². The molecule has 0 atom stereocenters. The van der Waals surface area contributed by atoms with E-state index >= 15 is 0 Å². The Morgan fingerprint density at radius 3 is 1.72 bits per heavy atom. The molecular formula is C52H58O6. The topological polar surface area (TPSA) is 78.9 Å². The highest BCUT2D eigenvalue weighted by atomic mass is 16.6. The molecule has 0 amide bonds. The third-order valence-electron chi connectivity index (χ3n) is 12.6. The minimum absolute atomic E-state index is 0.159. The second-order valence-corrected chi connectivity index (χ2v) is 16.5. The highest BCUT2D eigenvalue weighted by molar-refractivity contribution is 5.90. The first-order valence-electron chi connectivity index (χ1n) is 21.7. The molecule has 6 nitrogen and oxygen atoms in total. The number of hydrogen-bond acceptors (Lipinski definition) is 6. The third kappa shape index (κ3) is 11.9. The zero-order chi connectivity index (χ0) is 40.7. The second-order valence-electron chi connectivity index (χ2n) is 16.5. The van der Waals surface area contributed by atoms with Gasteiger partial charge in [0.15, 0.2) is 5.60 Å². The van der Waals surface area contributed by atoms with Crippen molar-refractivity contribution in [2.75, 3.05) is 6.61 Å². The van der Waals surface area contributed by atoms with Gasteiger partial charge >= 0.3 is 17.9 Å². The van der Waals surface area contributed by atoms with Crippen molar-refractivity contribution in [3.05, 3.63) is 101 Å². The molecule has 302 valence electrons. The van der Waals surface area contributed by atoms with Crippen molar-refractivity contribution in [2.24, 2.45) is 29.6 Å². The molecule has 0 aromatic heterocycles. The molecule has 0 N–H and O–H groups in total. The molecule has 3 aromatic rings. The fraction of sp³-hybridized carbons (Fsp3) is 0.481. The lowest BCUT2D eigenvalue weighted by Gasteiger charge is -2.41. The Morgan fingerprint density at radius 1 is 0.638 bits per heavy atom. The van der Waals surface area contributed by atoms with Gasteiger partial charge in [-0.2, -0.15) is 0 Å². The molecule has 58 heavy (non-hydrogen) atoms. The Kier molecular flexibility index (Phi) is 15.3. The molecule has 3 aliphatic carbocycles. The van der Waals surface area contributed by atoms with Gasteiger partial charge in [0, 0.05) is 22.3 Å². The summed E-state index contributed by atoms with van der Waals surface area (Å²) < 4.78 is 17.2. The average molecular weight is 779 g/mol. The van der Waals surface area contributed by atoms with Gasteiger partial charge in [0.05, 0.1) is 24.0 Å². The van der Waals surface area contributed by atoms with E-state index in [0.29, 0.717) is 62.4 Å². The lowest BCUT2D eigenvalue weighted by atomic mass is 9.67. The van der Waals surface area contributed by atoms with E-state index < -0.39 is 11.6 Å². The molecule has 0 radical (unpaired) electrons.